The number of hydrogen-bond acceptors (Lipinski definition) is 1. The van der Waals surface area contributed by atoms with Crippen LogP contribution in [0.5, 0.6) is 0 Å². The first kappa shape index (κ1) is 11.1. The number of aromatic nitrogens is 2. The number of hydrogen-bond donors (Lipinski definition) is 0. The molecule has 2 aliphatic carbocycles. The first-order valence-electron chi connectivity index (χ1n) is 6.58. The Morgan fingerprint density at radius 3 is 2.53 bits per heavy atom. The van der Waals surface area contributed by atoms with Crippen LogP contribution in [-0.4, -0.2) is 9.55 Å². The van der Waals surface area contributed by atoms with Crippen LogP contribution >= 0.6 is 0 Å². The minimum atomic E-state index is 0.306. The van der Waals surface area contributed by atoms with E-state index in [1.165, 1.54) is 24.2 Å². The van der Waals surface area contributed by atoms with Crippen LogP contribution in [0.15, 0.2) is 18.0 Å². The smallest absolute Gasteiger partial charge is 0.136 e. The summed E-state index contributed by atoms with van der Waals surface area (Å²) in [5, 5.41) is 0. The summed E-state index contributed by atoms with van der Waals surface area (Å²) < 4.78 is 2.17. The molecule has 0 radical (unpaired) electrons. The summed E-state index contributed by atoms with van der Waals surface area (Å²) in [5.74, 6) is 1.93. The minimum absolute atomic E-state index is 0.306. The highest BCUT2D eigenvalue weighted by molar-refractivity contribution is 5.74. The molecule has 0 N–H and O–H groups in total. The third kappa shape index (κ3) is 1.09. The molecule has 0 aromatic carbocycles. The average molecular weight is 230 g/mol. The molecule has 3 rings (SSSR count). The molecule has 1 aromatic heterocycles. The second kappa shape index (κ2) is 3.04. The van der Waals surface area contributed by atoms with Crippen LogP contribution in [0.1, 0.15) is 46.4 Å². The summed E-state index contributed by atoms with van der Waals surface area (Å²) in [6.45, 7) is 9.63. The fourth-order valence-corrected chi connectivity index (χ4v) is 4.34. The summed E-state index contributed by atoms with van der Waals surface area (Å²) in [6.07, 6.45) is 6.63. The molecule has 2 atom stereocenters. The normalized spacial score (nSPS) is 34.8. The van der Waals surface area contributed by atoms with Gasteiger partial charge in [-0.25, -0.2) is 4.98 Å². The molecule has 1 aromatic rings. The van der Waals surface area contributed by atoms with Gasteiger partial charge in [0, 0.05) is 30.4 Å². The Morgan fingerprint density at radius 1 is 1.35 bits per heavy atom. The second-order valence-electron chi connectivity index (χ2n) is 6.56. The van der Waals surface area contributed by atoms with Gasteiger partial charge in [-0.05, 0) is 31.1 Å². The third-order valence-electron chi connectivity index (χ3n) is 5.74. The molecule has 2 bridgehead atoms. The van der Waals surface area contributed by atoms with Crippen molar-refractivity contribution in [3.05, 3.63) is 23.8 Å². The predicted molar refractivity (Wildman–Crippen MR) is 70.4 cm³/mol. The molecule has 0 unspecified atom stereocenters. The van der Waals surface area contributed by atoms with Gasteiger partial charge in [-0.15, -0.1) is 0 Å². The lowest BCUT2D eigenvalue weighted by molar-refractivity contribution is 0.186. The van der Waals surface area contributed by atoms with E-state index >= 15 is 0 Å². The van der Waals surface area contributed by atoms with Crippen LogP contribution in [-0.2, 0) is 7.05 Å². The first-order chi connectivity index (χ1) is 7.89. The Morgan fingerprint density at radius 2 is 2.06 bits per heavy atom. The minimum Gasteiger partial charge on any atom is -0.334 e. The van der Waals surface area contributed by atoms with Gasteiger partial charge >= 0.3 is 0 Å². The van der Waals surface area contributed by atoms with Crippen molar-refractivity contribution >= 4 is 5.57 Å². The van der Waals surface area contributed by atoms with Crippen LogP contribution in [0.4, 0.5) is 0 Å². The van der Waals surface area contributed by atoms with Crippen LogP contribution < -0.4 is 0 Å². The summed E-state index contributed by atoms with van der Waals surface area (Å²) in [4.78, 5) is 4.58. The van der Waals surface area contributed by atoms with Crippen molar-refractivity contribution in [2.75, 3.05) is 0 Å². The van der Waals surface area contributed by atoms with E-state index in [-0.39, 0.29) is 0 Å². The lowest BCUT2D eigenvalue weighted by Gasteiger charge is -2.37. The molecule has 1 saturated carbocycles. The Labute approximate surface area is 104 Å². The van der Waals surface area contributed by atoms with E-state index in [1.54, 1.807) is 5.57 Å². The van der Waals surface area contributed by atoms with E-state index in [0.717, 1.165) is 5.92 Å². The molecule has 1 heterocycles. The summed E-state index contributed by atoms with van der Waals surface area (Å²) >= 11 is 0. The predicted octanol–water partition coefficient (Wildman–Crippen LogP) is 3.65. The molecular weight excluding hydrogens is 208 g/mol. The van der Waals surface area contributed by atoms with Gasteiger partial charge in [0.25, 0.3) is 0 Å². The van der Waals surface area contributed by atoms with Crippen LogP contribution in [0.25, 0.3) is 5.57 Å². The molecule has 17 heavy (non-hydrogen) atoms. The fourth-order valence-electron chi connectivity index (χ4n) is 4.34. The zero-order chi connectivity index (χ0) is 12.4. The number of rotatable bonds is 1. The van der Waals surface area contributed by atoms with Crippen molar-refractivity contribution in [3.63, 3.8) is 0 Å². The number of allylic oxidation sites excluding steroid dienone is 2. The Balaban J connectivity index is 2.22. The molecule has 0 amide bonds. The van der Waals surface area contributed by atoms with Gasteiger partial charge in [-0.1, -0.05) is 26.3 Å². The lowest BCUT2D eigenvalue weighted by Crippen LogP contribution is -2.30. The molecule has 0 spiro atoms. The van der Waals surface area contributed by atoms with E-state index in [0.29, 0.717) is 10.8 Å². The maximum Gasteiger partial charge on any atom is 0.136 e. The monoisotopic (exact) mass is 230 g/mol. The topological polar surface area (TPSA) is 17.8 Å². The summed E-state index contributed by atoms with van der Waals surface area (Å²) in [7, 11) is 2.10. The van der Waals surface area contributed by atoms with Gasteiger partial charge in [-0.3, -0.25) is 0 Å². The van der Waals surface area contributed by atoms with Crippen molar-refractivity contribution < 1.29 is 0 Å². The quantitative estimate of drug-likeness (QED) is 0.720. The second-order valence-corrected chi connectivity index (χ2v) is 6.56. The zero-order valence-electron chi connectivity index (χ0n) is 11.5. The summed E-state index contributed by atoms with van der Waals surface area (Å²) in [6, 6.07) is 0. The average Bonchev–Trinajstić information content (AvgIpc) is 2.77. The Kier molecular flexibility index (Phi) is 1.98. The highest BCUT2D eigenvalue weighted by Gasteiger charge is 2.60. The van der Waals surface area contributed by atoms with E-state index in [1.807, 2.05) is 6.20 Å². The van der Waals surface area contributed by atoms with Crippen molar-refractivity contribution in [3.8, 4) is 0 Å². The molecule has 0 aliphatic heterocycles. The highest BCUT2D eigenvalue weighted by atomic mass is 15.0. The van der Waals surface area contributed by atoms with Gasteiger partial charge in [0.05, 0.1) is 0 Å². The number of aryl methyl sites for hydroxylation is 1. The summed E-state index contributed by atoms with van der Waals surface area (Å²) in [5.41, 5.74) is 3.79. The zero-order valence-corrected chi connectivity index (χ0v) is 11.5. The van der Waals surface area contributed by atoms with Gasteiger partial charge in [0.15, 0.2) is 0 Å². The van der Waals surface area contributed by atoms with Crippen LogP contribution in [0, 0.1) is 16.7 Å². The van der Waals surface area contributed by atoms with Crippen molar-refractivity contribution in [2.45, 2.75) is 40.5 Å². The molecule has 2 heteroatoms. The van der Waals surface area contributed by atoms with Crippen molar-refractivity contribution in [1.29, 1.82) is 0 Å². The van der Waals surface area contributed by atoms with Gasteiger partial charge < -0.3 is 4.57 Å². The number of nitrogens with zero attached hydrogens (tertiary/aromatic N) is 2. The van der Waals surface area contributed by atoms with Crippen molar-refractivity contribution in [1.82, 2.24) is 9.55 Å². The maximum absolute atomic E-state index is 4.58. The standard InChI is InChI=1S/C15H22N2/c1-10-11-6-7-15(4,14(11,2)3)12(10)13-16-8-9-17(13)5/h8-9,11H,6-7H2,1-5H3/t11-,15+/m1/s1. The molecule has 1 fully saturated rings. The number of imidazole rings is 1. The van der Waals surface area contributed by atoms with E-state index in [4.69, 9.17) is 0 Å². The number of fused-ring (bicyclic) bond motifs is 2. The van der Waals surface area contributed by atoms with Gasteiger partial charge in [0.1, 0.15) is 5.82 Å². The molecule has 0 saturated heterocycles. The van der Waals surface area contributed by atoms with E-state index in [2.05, 4.69) is 50.5 Å². The Bertz CT molecular complexity index is 507. The molecule has 2 nitrogen and oxygen atoms in total. The van der Waals surface area contributed by atoms with Crippen LogP contribution in [0.2, 0.25) is 0 Å². The van der Waals surface area contributed by atoms with Gasteiger partial charge in [-0.2, -0.15) is 0 Å². The SMILES string of the molecule is CC1=C(c2nccn2C)[C@]2(C)CC[C@H]1C2(C)C. The third-order valence-corrected chi connectivity index (χ3v) is 5.74. The fraction of sp³-hybridized carbons (Fsp3) is 0.667. The molecular formula is C15H22N2. The first-order valence-corrected chi connectivity index (χ1v) is 6.58. The molecule has 92 valence electrons. The van der Waals surface area contributed by atoms with Crippen molar-refractivity contribution in [2.24, 2.45) is 23.8 Å². The largest absolute Gasteiger partial charge is 0.334 e. The van der Waals surface area contributed by atoms with Gasteiger partial charge in [0.2, 0.25) is 0 Å². The maximum atomic E-state index is 4.58. The van der Waals surface area contributed by atoms with Crippen LogP contribution in [0.3, 0.4) is 0 Å². The Hall–Kier alpha value is -1.05. The lowest BCUT2D eigenvalue weighted by atomic mass is 9.67. The highest BCUT2D eigenvalue weighted by Crippen LogP contribution is 2.69. The molecule has 2 aliphatic rings. The van der Waals surface area contributed by atoms with E-state index in [9.17, 15) is 0 Å². The van der Waals surface area contributed by atoms with E-state index < -0.39 is 0 Å².